The maximum atomic E-state index is 13.3. The fourth-order valence-corrected chi connectivity index (χ4v) is 3.53. The molecule has 0 spiro atoms. The first-order chi connectivity index (χ1) is 13.9. The fraction of sp³-hybridized carbons (Fsp3) is 0.333. The van der Waals surface area contributed by atoms with E-state index in [2.05, 4.69) is 0 Å². The van der Waals surface area contributed by atoms with Crippen molar-refractivity contribution in [3.05, 3.63) is 76.6 Å². The lowest BCUT2D eigenvalue weighted by atomic mass is 10.0. The molecular weight excluding hydrogens is 386 g/mol. The topological polar surface area (TPSA) is 47.8 Å². The highest BCUT2D eigenvalue weighted by atomic mass is 35.5. The van der Waals surface area contributed by atoms with Crippen LogP contribution < -0.4 is 0 Å². The van der Waals surface area contributed by atoms with Crippen LogP contribution in [0.25, 0.3) is 5.52 Å². The van der Waals surface area contributed by atoms with Crippen LogP contribution in [0.2, 0.25) is 0 Å². The van der Waals surface area contributed by atoms with Gasteiger partial charge in [0.1, 0.15) is 0 Å². The van der Waals surface area contributed by atoms with Gasteiger partial charge in [0.15, 0.2) is 0 Å². The van der Waals surface area contributed by atoms with E-state index in [1.807, 2.05) is 55.5 Å². The number of rotatable bonds is 8. The molecule has 29 heavy (non-hydrogen) atoms. The summed E-state index contributed by atoms with van der Waals surface area (Å²) in [5.74, 6) is 0.244. The van der Waals surface area contributed by atoms with Gasteiger partial charge in [-0.3, -0.25) is 4.79 Å². The molecule has 0 saturated heterocycles. The standard InChI is InChI=1S/C24H26ClNO3/c1-4-18-14-21-15-20(24(28)29-16(2)3)11-13-26(21)22(18)23(27)19-9-7-17(8-10-19)6-5-12-25/h7-11,13-16H,4-6,12H2,1-3H3. The molecule has 0 saturated carbocycles. The number of benzene rings is 1. The Balaban J connectivity index is 1.95. The van der Waals surface area contributed by atoms with Crippen LogP contribution >= 0.6 is 11.6 Å². The van der Waals surface area contributed by atoms with Gasteiger partial charge in [0.25, 0.3) is 0 Å². The van der Waals surface area contributed by atoms with Gasteiger partial charge >= 0.3 is 5.97 Å². The maximum absolute atomic E-state index is 13.3. The number of ether oxygens (including phenoxy) is 1. The second kappa shape index (κ2) is 9.27. The van der Waals surface area contributed by atoms with Crippen molar-refractivity contribution < 1.29 is 14.3 Å². The number of nitrogens with zero attached hydrogens (tertiary/aromatic N) is 1. The first kappa shape index (κ1) is 21.1. The van der Waals surface area contributed by atoms with Crippen LogP contribution in [0, 0.1) is 0 Å². The molecule has 0 unspecified atom stereocenters. The number of hydrogen-bond acceptors (Lipinski definition) is 3. The van der Waals surface area contributed by atoms with Gasteiger partial charge in [-0.15, -0.1) is 11.6 Å². The van der Waals surface area contributed by atoms with E-state index < -0.39 is 0 Å². The number of ketones is 1. The van der Waals surface area contributed by atoms with Crippen LogP contribution in [0.1, 0.15) is 64.7 Å². The van der Waals surface area contributed by atoms with Gasteiger partial charge in [-0.1, -0.05) is 31.2 Å². The minimum absolute atomic E-state index is 0.0248. The number of carbonyl (C=O) groups excluding carboxylic acids is 2. The molecule has 0 aliphatic heterocycles. The van der Waals surface area contributed by atoms with Crippen molar-refractivity contribution in [1.29, 1.82) is 0 Å². The summed E-state index contributed by atoms with van der Waals surface area (Å²) in [6.45, 7) is 5.66. The number of carbonyl (C=O) groups is 2. The van der Waals surface area contributed by atoms with Gasteiger partial charge in [-0.05, 0) is 62.4 Å². The normalized spacial score (nSPS) is 11.2. The molecule has 4 nitrogen and oxygen atoms in total. The summed E-state index contributed by atoms with van der Waals surface area (Å²) in [5.41, 5.74) is 4.70. The smallest absolute Gasteiger partial charge is 0.338 e. The van der Waals surface area contributed by atoms with Gasteiger partial charge in [-0.2, -0.15) is 0 Å². The largest absolute Gasteiger partial charge is 0.459 e. The van der Waals surface area contributed by atoms with Crippen LogP contribution in [0.4, 0.5) is 0 Å². The van der Waals surface area contributed by atoms with Crippen molar-refractivity contribution >= 4 is 28.9 Å². The number of esters is 1. The van der Waals surface area contributed by atoms with E-state index in [1.54, 1.807) is 18.3 Å². The molecule has 0 radical (unpaired) electrons. The van der Waals surface area contributed by atoms with Gasteiger partial charge < -0.3 is 9.14 Å². The first-order valence-corrected chi connectivity index (χ1v) is 10.5. The summed E-state index contributed by atoms with van der Waals surface area (Å²) in [5, 5.41) is 0. The Labute approximate surface area is 176 Å². The summed E-state index contributed by atoms with van der Waals surface area (Å²) in [6, 6.07) is 13.2. The predicted molar refractivity (Wildman–Crippen MR) is 116 cm³/mol. The van der Waals surface area contributed by atoms with Crippen LogP contribution in [-0.4, -0.2) is 28.1 Å². The molecule has 3 aromatic rings. The Hall–Kier alpha value is -2.59. The number of halogens is 1. The van der Waals surface area contributed by atoms with Crippen LogP contribution in [0.3, 0.4) is 0 Å². The van der Waals surface area contributed by atoms with Crippen LogP contribution in [0.15, 0.2) is 48.7 Å². The second-order valence-corrected chi connectivity index (χ2v) is 7.73. The Morgan fingerprint density at radius 1 is 1.07 bits per heavy atom. The van der Waals surface area contributed by atoms with Crippen molar-refractivity contribution in [2.75, 3.05) is 5.88 Å². The highest BCUT2D eigenvalue weighted by Crippen LogP contribution is 2.23. The molecule has 2 aromatic heterocycles. The lowest BCUT2D eigenvalue weighted by Crippen LogP contribution is -2.12. The lowest BCUT2D eigenvalue weighted by molar-refractivity contribution is 0.0378. The molecule has 5 heteroatoms. The molecule has 0 fully saturated rings. The highest BCUT2D eigenvalue weighted by Gasteiger charge is 2.20. The Morgan fingerprint density at radius 2 is 1.79 bits per heavy atom. The molecule has 1 aromatic carbocycles. The number of alkyl halides is 1. The van der Waals surface area contributed by atoms with E-state index in [0.717, 1.165) is 30.3 Å². The zero-order chi connectivity index (χ0) is 21.0. The van der Waals surface area contributed by atoms with E-state index in [-0.39, 0.29) is 17.9 Å². The van der Waals surface area contributed by atoms with Gasteiger partial charge in [0.05, 0.1) is 17.4 Å². The third-order valence-electron chi connectivity index (χ3n) is 4.84. The number of aromatic nitrogens is 1. The van der Waals surface area contributed by atoms with Crippen LogP contribution in [-0.2, 0) is 17.6 Å². The van der Waals surface area contributed by atoms with Crippen molar-refractivity contribution in [2.45, 2.75) is 46.1 Å². The van der Waals surface area contributed by atoms with E-state index in [4.69, 9.17) is 16.3 Å². The molecule has 0 bridgehead atoms. The molecule has 0 N–H and O–H groups in total. The monoisotopic (exact) mass is 411 g/mol. The number of hydrogen-bond donors (Lipinski definition) is 0. The molecule has 2 heterocycles. The zero-order valence-corrected chi connectivity index (χ0v) is 17.8. The van der Waals surface area contributed by atoms with Crippen molar-refractivity contribution in [3.63, 3.8) is 0 Å². The Morgan fingerprint density at radius 3 is 2.41 bits per heavy atom. The quantitative estimate of drug-likeness (QED) is 0.280. The summed E-state index contributed by atoms with van der Waals surface area (Å²) >= 11 is 5.76. The minimum atomic E-state index is -0.359. The Kier molecular flexibility index (Phi) is 6.75. The van der Waals surface area contributed by atoms with Gasteiger partial charge in [0.2, 0.25) is 5.78 Å². The molecular formula is C24H26ClNO3. The molecule has 3 rings (SSSR count). The summed E-state index contributed by atoms with van der Waals surface area (Å²) < 4.78 is 7.14. The van der Waals surface area contributed by atoms with Crippen molar-refractivity contribution in [3.8, 4) is 0 Å². The van der Waals surface area contributed by atoms with Gasteiger partial charge in [0, 0.05) is 23.2 Å². The minimum Gasteiger partial charge on any atom is -0.459 e. The number of aryl methyl sites for hydroxylation is 2. The maximum Gasteiger partial charge on any atom is 0.338 e. The Bertz CT molecular complexity index is 1020. The molecule has 0 aliphatic rings. The summed E-state index contributed by atoms with van der Waals surface area (Å²) in [6.07, 6.45) is 4.14. The average molecular weight is 412 g/mol. The summed E-state index contributed by atoms with van der Waals surface area (Å²) in [7, 11) is 0. The highest BCUT2D eigenvalue weighted by molar-refractivity contribution is 6.17. The van der Waals surface area contributed by atoms with E-state index >= 15 is 0 Å². The fourth-order valence-electron chi connectivity index (χ4n) is 3.40. The molecule has 0 aliphatic carbocycles. The SMILES string of the molecule is CCc1cc2cc(C(=O)OC(C)C)ccn2c1C(=O)c1ccc(CCCCl)cc1. The number of fused-ring (bicyclic) bond motifs is 1. The average Bonchev–Trinajstić information content (AvgIpc) is 3.09. The molecule has 152 valence electrons. The van der Waals surface area contributed by atoms with Crippen molar-refractivity contribution in [2.24, 2.45) is 0 Å². The zero-order valence-electron chi connectivity index (χ0n) is 17.1. The van der Waals surface area contributed by atoms with E-state index in [0.29, 0.717) is 22.7 Å². The van der Waals surface area contributed by atoms with E-state index in [9.17, 15) is 9.59 Å². The number of pyridine rings is 1. The lowest BCUT2D eigenvalue weighted by Gasteiger charge is -2.09. The third kappa shape index (κ3) is 4.70. The van der Waals surface area contributed by atoms with E-state index in [1.165, 1.54) is 5.56 Å². The van der Waals surface area contributed by atoms with Crippen LogP contribution in [0.5, 0.6) is 0 Å². The second-order valence-electron chi connectivity index (χ2n) is 7.35. The summed E-state index contributed by atoms with van der Waals surface area (Å²) in [4.78, 5) is 25.5. The predicted octanol–water partition coefficient (Wildman–Crippen LogP) is 5.47. The first-order valence-electron chi connectivity index (χ1n) is 9.99. The third-order valence-corrected chi connectivity index (χ3v) is 5.11. The molecule has 0 amide bonds. The van der Waals surface area contributed by atoms with Gasteiger partial charge in [-0.25, -0.2) is 4.79 Å². The molecule has 0 atom stereocenters. The van der Waals surface area contributed by atoms with Crippen molar-refractivity contribution in [1.82, 2.24) is 4.40 Å².